The van der Waals surface area contributed by atoms with Gasteiger partial charge in [-0.1, -0.05) is 35.3 Å². The molecule has 0 atom stereocenters. The molecule has 0 aliphatic rings. The predicted molar refractivity (Wildman–Crippen MR) is 99.5 cm³/mol. The van der Waals surface area contributed by atoms with Gasteiger partial charge >= 0.3 is 0 Å². The number of nitrogens with one attached hydrogen (secondary N) is 2. The van der Waals surface area contributed by atoms with Crippen molar-refractivity contribution in [1.82, 2.24) is 10.0 Å². The van der Waals surface area contributed by atoms with Crippen molar-refractivity contribution in [2.24, 2.45) is 0 Å². The van der Waals surface area contributed by atoms with E-state index in [0.717, 1.165) is 0 Å². The first kappa shape index (κ1) is 19.7. The van der Waals surface area contributed by atoms with Gasteiger partial charge in [-0.2, -0.15) is 0 Å². The number of carbonyl (C=O) groups is 1. The van der Waals surface area contributed by atoms with Gasteiger partial charge in [0.1, 0.15) is 0 Å². The molecule has 134 valence electrons. The number of hydrogen-bond donors (Lipinski definition) is 2. The van der Waals surface area contributed by atoms with Crippen LogP contribution in [-0.2, 0) is 16.6 Å². The van der Waals surface area contributed by atoms with Gasteiger partial charge in [-0.05, 0) is 49.7 Å². The molecule has 25 heavy (non-hydrogen) atoms. The summed E-state index contributed by atoms with van der Waals surface area (Å²) in [5.74, 6) is -0.396. The number of amides is 1. The van der Waals surface area contributed by atoms with Gasteiger partial charge in [0.25, 0.3) is 5.91 Å². The monoisotopic (exact) mass is 400 g/mol. The molecule has 2 aromatic carbocycles. The zero-order valence-electron chi connectivity index (χ0n) is 13.7. The van der Waals surface area contributed by atoms with Crippen molar-refractivity contribution in [3.05, 3.63) is 63.6 Å². The first-order valence-electron chi connectivity index (χ1n) is 7.53. The van der Waals surface area contributed by atoms with E-state index in [2.05, 4.69) is 10.0 Å². The highest BCUT2D eigenvalue weighted by Gasteiger charge is 2.17. The third-order valence-electron chi connectivity index (χ3n) is 3.25. The van der Waals surface area contributed by atoms with E-state index in [1.54, 1.807) is 38.1 Å². The van der Waals surface area contributed by atoms with Crippen molar-refractivity contribution < 1.29 is 13.2 Å². The molecule has 5 nitrogen and oxygen atoms in total. The van der Waals surface area contributed by atoms with Gasteiger partial charge in [0.05, 0.1) is 4.90 Å². The first-order chi connectivity index (χ1) is 11.7. The Bertz CT molecular complexity index is 883. The van der Waals surface area contributed by atoms with E-state index in [-0.39, 0.29) is 23.0 Å². The molecule has 2 rings (SSSR count). The van der Waals surface area contributed by atoms with E-state index < -0.39 is 15.9 Å². The van der Waals surface area contributed by atoms with E-state index in [9.17, 15) is 13.2 Å². The van der Waals surface area contributed by atoms with Crippen molar-refractivity contribution in [3.8, 4) is 0 Å². The summed E-state index contributed by atoms with van der Waals surface area (Å²) >= 11 is 11.9. The van der Waals surface area contributed by atoms with Gasteiger partial charge in [0.15, 0.2) is 0 Å². The van der Waals surface area contributed by atoms with Gasteiger partial charge in [-0.25, -0.2) is 13.1 Å². The van der Waals surface area contributed by atoms with Crippen molar-refractivity contribution >= 4 is 39.1 Å². The Balaban J connectivity index is 2.13. The zero-order chi connectivity index (χ0) is 18.6. The van der Waals surface area contributed by atoms with Crippen molar-refractivity contribution in [2.75, 3.05) is 0 Å². The van der Waals surface area contributed by atoms with Crippen LogP contribution in [0.15, 0.2) is 47.4 Å². The third-order valence-corrected chi connectivity index (χ3v) is 5.50. The summed E-state index contributed by atoms with van der Waals surface area (Å²) in [7, 11) is -3.66. The fourth-order valence-electron chi connectivity index (χ4n) is 2.13. The molecule has 0 fully saturated rings. The lowest BCUT2D eigenvalue weighted by atomic mass is 10.2. The van der Waals surface area contributed by atoms with Crippen LogP contribution in [0.3, 0.4) is 0 Å². The summed E-state index contributed by atoms with van der Waals surface area (Å²) in [6.07, 6.45) is 0. The topological polar surface area (TPSA) is 75.3 Å². The lowest BCUT2D eigenvalue weighted by Gasteiger charge is -2.11. The molecule has 0 bridgehead atoms. The maximum atomic E-state index is 12.3. The summed E-state index contributed by atoms with van der Waals surface area (Å²) in [6, 6.07) is 10.6. The van der Waals surface area contributed by atoms with Crippen LogP contribution in [0.4, 0.5) is 0 Å². The second kappa shape index (κ2) is 8.19. The molecule has 0 spiro atoms. The van der Waals surface area contributed by atoms with Crippen LogP contribution >= 0.6 is 23.2 Å². The molecule has 0 saturated carbocycles. The molecule has 0 unspecified atom stereocenters. The van der Waals surface area contributed by atoms with E-state index >= 15 is 0 Å². The van der Waals surface area contributed by atoms with Gasteiger partial charge in [-0.15, -0.1) is 0 Å². The number of hydrogen-bond acceptors (Lipinski definition) is 3. The predicted octanol–water partition coefficient (Wildman–Crippen LogP) is 3.61. The highest BCUT2D eigenvalue weighted by Crippen LogP contribution is 2.21. The van der Waals surface area contributed by atoms with Gasteiger partial charge in [0.2, 0.25) is 10.0 Å². The van der Waals surface area contributed by atoms with Crippen molar-refractivity contribution in [2.45, 2.75) is 31.3 Å². The minimum Gasteiger partial charge on any atom is -0.348 e. The Morgan fingerprint density at radius 2 is 1.84 bits per heavy atom. The second-order valence-electron chi connectivity index (χ2n) is 5.72. The smallest absolute Gasteiger partial charge is 0.251 e. The van der Waals surface area contributed by atoms with Crippen LogP contribution in [0.2, 0.25) is 10.0 Å². The number of sulfonamides is 1. The minimum absolute atomic E-state index is 0.0402. The molecule has 0 radical (unpaired) electrons. The second-order valence-corrected chi connectivity index (χ2v) is 8.28. The zero-order valence-corrected chi connectivity index (χ0v) is 16.0. The third kappa shape index (κ3) is 5.44. The lowest BCUT2D eigenvalue weighted by molar-refractivity contribution is 0.0950. The average Bonchev–Trinajstić information content (AvgIpc) is 2.52. The SMILES string of the molecule is CC(C)NS(=O)(=O)c1cccc(C(=O)NCc2ccc(Cl)cc2Cl)c1. The molecule has 2 aromatic rings. The summed E-state index contributed by atoms with van der Waals surface area (Å²) in [4.78, 5) is 12.3. The molecule has 8 heteroatoms. The van der Waals surface area contributed by atoms with E-state index in [4.69, 9.17) is 23.2 Å². The normalized spacial score (nSPS) is 11.6. The molecule has 0 aromatic heterocycles. The highest BCUT2D eigenvalue weighted by atomic mass is 35.5. The van der Waals surface area contributed by atoms with Crippen LogP contribution in [0.5, 0.6) is 0 Å². The highest BCUT2D eigenvalue weighted by molar-refractivity contribution is 7.89. The molecular weight excluding hydrogens is 383 g/mol. The van der Waals surface area contributed by atoms with Gasteiger partial charge in [-0.3, -0.25) is 4.79 Å². The number of halogens is 2. The van der Waals surface area contributed by atoms with Crippen LogP contribution in [-0.4, -0.2) is 20.4 Å². The Morgan fingerprint density at radius 3 is 2.48 bits per heavy atom. The fourth-order valence-corrected chi connectivity index (χ4v) is 3.90. The van der Waals surface area contributed by atoms with Crippen LogP contribution < -0.4 is 10.0 Å². The fraction of sp³-hybridized carbons (Fsp3) is 0.235. The van der Waals surface area contributed by atoms with Gasteiger partial charge in [0, 0.05) is 28.2 Å². The summed E-state index contributed by atoms with van der Waals surface area (Å²) in [5, 5.41) is 3.67. The van der Waals surface area contributed by atoms with E-state index in [1.807, 2.05) is 0 Å². The molecular formula is C17H18Cl2N2O3S. The molecule has 2 N–H and O–H groups in total. The Labute approximate surface area is 157 Å². The Kier molecular flexibility index (Phi) is 6.46. The van der Waals surface area contributed by atoms with E-state index in [0.29, 0.717) is 15.6 Å². The summed E-state index contributed by atoms with van der Waals surface area (Å²) in [5.41, 5.74) is 0.960. The Morgan fingerprint density at radius 1 is 1.12 bits per heavy atom. The van der Waals surface area contributed by atoms with Crippen LogP contribution in [0.25, 0.3) is 0 Å². The van der Waals surface area contributed by atoms with Crippen molar-refractivity contribution in [3.63, 3.8) is 0 Å². The molecule has 1 amide bonds. The number of carbonyl (C=O) groups excluding carboxylic acids is 1. The summed E-state index contributed by atoms with van der Waals surface area (Å²) < 4.78 is 26.9. The quantitative estimate of drug-likeness (QED) is 0.777. The lowest BCUT2D eigenvalue weighted by Crippen LogP contribution is -2.30. The standard InChI is InChI=1S/C17H18Cl2N2O3S/c1-11(2)21-25(23,24)15-5-3-4-12(8-15)17(22)20-10-13-6-7-14(18)9-16(13)19/h3-9,11,21H,10H2,1-2H3,(H,20,22). The van der Waals surface area contributed by atoms with Crippen molar-refractivity contribution in [1.29, 1.82) is 0 Å². The molecule has 0 saturated heterocycles. The molecule has 0 aliphatic carbocycles. The van der Waals surface area contributed by atoms with Crippen LogP contribution in [0, 0.1) is 0 Å². The van der Waals surface area contributed by atoms with Gasteiger partial charge < -0.3 is 5.32 Å². The average molecular weight is 401 g/mol. The number of benzene rings is 2. The maximum Gasteiger partial charge on any atom is 0.251 e. The molecule has 0 aliphatic heterocycles. The first-order valence-corrected chi connectivity index (χ1v) is 9.77. The maximum absolute atomic E-state index is 12.3. The Hall–Kier alpha value is -1.60. The minimum atomic E-state index is -3.66. The summed E-state index contributed by atoms with van der Waals surface area (Å²) in [6.45, 7) is 3.66. The van der Waals surface area contributed by atoms with Crippen LogP contribution in [0.1, 0.15) is 29.8 Å². The van der Waals surface area contributed by atoms with E-state index in [1.165, 1.54) is 18.2 Å². The molecule has 0 heterocycles. The number of rotatable bonds is 6. The largest absolute Gasteiger partial charge is 0.348 e.